The number of halogens is 4. The number of unbranched alkanes of at least 4 members (excludes halogenated alkanes) is 3. The Labute approximate surface area is 248 Å². The van der Waals surface area contributed by atoms with Crippen molar-refractivity contribution in [2.75, 3.05) is 0 Å². The fourth-order valence-electron chi connectivity index (χ4n) is 6.98. The molecule has 2 aliphatic rings. The summed E-state index contributed by atoms with van der Waals surface area (Å²) in [7, 11) is 0. The van der Waals surface area contributed by atoms with Gasteiger partial charge >= 0.3 is 0 Å². The average molecular weight is 575 g/mol. The second kappa shape index (κ2) is 13.9. The first kappa shape index (κ1) is 30.3. The highest BCUT2D eigenvalue weighted by Gasteiger charge is 2.29. The quantitative estimate of drug-likeness (QED) is 0.128. The Morgan fingerprint density at radius 3 is 1.86 bits per heavy atom. The standard InChI is InChI=1S/C38H42F4/c1-3-5-6-7-8-31-21-22-32(36(40)35(31)39)29-17-19-30(20-18-29)34-24-23-33(37(41)38(34)42)28-15-13-27(14-16-28)26-11-9-25(4-2)10-12-26/h4,15,17-27H,2-3,5-14,16H2,1H3. The molecule has 1 unspecified atom stereocenters. The summed E-state index contributed by atoms with van der Waals surface area (Å²) in [6.45, 7) is 6.05. The van der Waals surface area contributed by atoms with Gasteiger partial charge in [-0.3, -0.25) is 0 Å². The van der Waals surface area contributed by atoms with Crippen LogP contribution in [0.5, 0.6) is 0 Å². The lowest BCUT2D eigenvalue weighted by molar-refractivity contribution is 0.212. The van der Waals surface area contributed by atoms with E-state index in [4.69, 9.17) is 0 Å². The first-order valence-electron chi connectivity index (χ1n) is 15.8. The molecule has 0 amide bonds. The smallest absolute Gasteiger partial charge is 0.167 e. The molecule has 0 aliphatic heterocycles. The maximum absolute atomic E-state index is 15.4. The highest BCUT2D eigenvalue weighted by atomic mass is 19.2. The Hall–Kier alpha value is -3.14. The maximum Gasteiger partial charge on any atom is 0.167 e. The van der Waals surface area contributed by atoms with Gasteiger partial charge < -0.3 is 0 Å². The van der Waals surface area contributed by atoms with Gasteiger partial charge in [0, 0.05) is 16.7 Å². The van der Waals surface area contributed by atoms with Crippen molar-refractivity contribution in [2.45, 2.75) is 84.0 Å². The molecule has 2 aliphatic carbocycles. The Bertz CT molecular complexity index is 1410. The van der Waals surface area contributed by atoms with E-state index in [-0.39, 0.29) is 11.1 Å². The monoisotopic (exact) mass is 574 g/mol. The molecule has 4 heteroatoms. The van der Waals surface area contributed by atoms with Crippen LogP contribution in [0.3, 0.4) is 0 Å². The zero-order valence-electron chi connectivity index (χ0n) is 24.7. The predicted octanol–water partition coefficient (Wildman–Crippen LogP) is 11.9. The van der Waals surface area contributed by atoms with E-state index in [2.05, 4.69) is 25.7 Å². The number of aryl methyl sites for hydroxylation is 1. The molecule has 0 N–H and O–H groups in total. The van der Waals surface area contributed by atoms with Gasteiger partial charge in [-0.2, -0.15) is 0 Å². The summed E-state index contributed by atoms with van der Waals surface area (Å²) in [4.78, 5) is 0. The summed E-state index contributed by atoms with van der Waals surface area (Å²) < 4.78 is 60.4. The highest BCUT2D eigenvalue weighted by molar-refractivity contribution is 5.74. The summed E-state index contributed by atoms with van der Waals surface area (Å²) in [5, 5.41) is 0. The average Bonchev–Trinajstić information content (AvgIpc) is 3.03. The summed E-state index contributed by atoms with van der Waals surface area (Å²) >= 11 is 0. The van der Waals surface area contributed by atoms with E-state index in [1.54, 1.807) is 48.5 Å². The molecular formula is C38H42F4. The second-order valence-corrected chi connectivity index (χ2v) is 12.3. The molecule has 5 rings (SSSR count). The molecule has 0 spiro atoms. The normalized spacial score (nSPS) is 20.8. The molecule has 1 saturated carbocycles. The van der Waals surface area contributed by atoms with E-state index in [0.29, 0.717) is 46.4 Å². The van der Waals surface area contributed by atoms with E-state index in [0.717, 1.165) is 50.5 Å². The number of allylic oxidation sites excluding steroid dienone is 3. The fraction of sp³-hybridized carbons (Fsp3) is 0.421. The minimum atomic E-state index is -0.879. The van der Waals surface area contributed by atoms with Crippen molar-refractivity contribution in [1.29, 1.82) is 0 Å². The Morgan fingerprint density at radius 2 is 1.26 bits per heavy atom. The van der Waals surface area contributed by atoms with Gasteiger partial charge in [0.2, 0.25) is 0 Å². The molecule has 222 valence electrons. The summed E-state index contributed by atoms with van der Waals surface area (Å²) in [6.07, 6.45) is 16.3. The Kier molecular flexibility index (Phi) is 10.0. The molecule has 42 heavy (non-hydrogen) atoms. The molecule has 0 radical (unpaired) electrons. The lowest BCUT2D eigenvalue weighted by atomic mass is 9.71. The van der Waals surface area contributed by atoms with Gasteiger partial charge in [0.05, 0.1) is 0 Å². The summed E-state index contributed by atoms with van der Waals surface area (Å²) in [5.41, 5.74) is 2.92. The van der Waals surface area contributed by atoms with Crippen molar-refractivity contribution in [3.8, 4) is 22.3 Å². The summed E-state index contributed by atoms with van der Waals surface area (Å²) in [6, 6.07) is 13.1. The lowest BCUT2D eigenvalue weighted by Gasteiger charge is -2.34. The third kappa shape index (κ3) is 6.58. The maximum atomic E-state index is 15.4. The molecule has 0 saturated heterocycles. The highest BCUT2D eigenvalue weighted by Crippen LogP contribution is 2.42. The van der Waals surface area contributed by atoms with Crippen molar-refractivity contribution in [3.63, 3.8) is 0 Å². The van der Waals surface area contributed by atoms with E-state index in [9.17, 15) is 8.78 Å². The van der Waals surface area contributed by atoms with Crippen LogP contribution in [0.2, 0.25) is 0 Å². The van der Waals surface area contributed by atoms with Gasteiger partial charge in [0.1, 0.15) is 0 Å². The first-order valence-corrected chi connectivity index (χ1v) is 15.8. The Balaban J connectivity index is 1.28. The number of benzene rings is 3. The van der Waals surface area contributed by atoms with Crippen LogP contribution in [-0.4, -0.2) is 0 Å². The van der Waals surface area contributed by atoms with Gasteiger partial charge in [0.25, 0.3) is 0 Å². The topological polar surface area (TPSA) is 0 Å². The molecule has 1 fully saturated rings. The van der Waals surface area contributed by atoms with Gasteiger partial charge in [-0.05, 0) is 97.8 Å². The zero-order chi connectivity index (χ0) is 29.6. The van der Waals surface area contributed by atoms with Crippen LogP contribution in [0.1, 0.15) is 88.7 Å². The predicted molar refractivity (Wildman–Crippen MR) is 166 cm³/mol. The molecule has 3 aromatic rings. The third-order valence-electron chi connectivity index (χ3n) is 9.67. The molecule has 1 atom stereocenters. The van der Waals surface area contributed by atoms with Crippen molar-refractivity contribution < 1.29 is 17.6 Å². The minimum Gasteiger partial charge on any atom is -0.203 e. The molecule has 0 bridgehead atoms. The van der Waals surface area contributed by atoms with Gasteiger partial charge in [0.15, 0.2) is 23.3 Å². The Morgan fingerprint density at radius 1 is 0.667 bits per heavy atom. The number of rotatable bonds is 10. The first-order chi connectivity index (χ1) is 20.4. The van der Waals surface area contributed by atoms with Crippen LogP contribution in [0.15, 0.2) is 67.3 Å². The minimum absolute atomic E-state index is 0.158. The largest absolute Gasteiger partial charge is 0.203 e. The van der Waals surface area contributed by atoms with Crippen LogP contribution >= 0.6 is 0 Å². The molecule has 3 aromatic carbocycles. The van der Waals surface area contributed by atoms with Crippen LogP contribution in [0.25, 0.3) is 27.8 Å². The SMILES string of the molecule is C=CC1CCC(C2CC=C(c3ccc(-c4ccc(-c5ccc(CCCCCC)c(F)c5F)cc4)c(F)c3F)CC2)CC1. The molecular weight excluding hydrogens is 532 g/mol. The van der Waals surface area contributed by atoms with Crippen molar-refractivity contribution in [3.05, 3.63) is 102 Å². The molecule has 0 aromatic heterocycles. The van der Waals surface area contributed by atoms with Crippen molar-refractivity contribution >= 4 is 5.57 Å². The van der Waals surface area contributed by atoms with Crippen LogP contribution in [-0.2, 0) is 6.42 Å². The van der Waals surface area contributed by atoms with Crippen LogP contribution < -0.4 is 0 Å². The third-order valence-corrected chi connectivity index (χ3v) is 9.67. The lowest BCUT2D eigenvalue weighted by Crippen LogP contribution is -2.22. The van der Waals surface area contributed by atoms with Crippen LogP contribution in [0.4, 0.5) is 17.6 Å². The number of hydrogen-bond acceptors (Lipinski definition) is 0. The van der Waals surface area contributed by atoms with Crippen LogP contribution in [0, 0.1) is 41.0 Å². The molecule has 0 nitrogen and oxygen atoms in total. The second-order valence-electron chi connectivity index (χ2n) is 12.3. The van der Waals surface area contributed by atoms with E-state index >= 15 is 8.78 Å². The van der Waals surface area contributed by atoms with Crippen molar-refractivity contribution in [1.82, 2.24) is 0 Å². The van der Waals surface area contributed by atoms with Gasteiger partial charge in [-0.25, -0.2) is 17.6 Å². The van der Waals surface area contributed by atoms with E-state index in [1.807, 2.05) is 0 Å². The van der Waals surface area contributed by atoms with E-state index in [1.165, 1.54) is 25.7 Å². The van der Waals surface area contributed by atoms with Gasteiger partial charge in [-0.15, -0.1) is 6.58 Å². The fourth-order valence-corrected chi connectivity index (χ4v) is 6.98. The van der Waals surface area contributed by atoms with E-state index < -0.39 is 23.3 Å². The summed E-state index contributed by atoms with van der Waals surface area (Å²) in [5.74, 6) is -1.41. The zero-order valence-corrected chi connectivity index (χ0v) is 24.7. The number of hydrogen-bond donors (Lipinski definition) is 0. The molecule has 0 heterocycles. The van der Waals surface area contributed by atoms with Crippen molar-refractivity contribution in [2.24, 2.45) is 17.8 Å². The van der Waals surface area contributed by atoms with Gasteiger partial charge in [-0.1, -0.05) is 86.9 Å².